The molecule has 3 aromatic rings. The highest BCUT2D eigenvalue weighted by molar-refractivity contribution is 6.30. The minimum Gasteiger partial charge on any atom is -0.490 e. The van der Waals surface area contributed by atoms with Crippen LogP contribution in [0.3, 0.4) is 0 Å². The van der Waals surface area contributed by atoms with Crippen LogP contribution < -0.4 is 10.1 Å². The number of aromatic nitrogens is 3. The normalized spacial score (nSPS) is 13.5. The van der Waals surface area contributed by atoms with E-state index in [0.717, 1.165) is 18.5 Å². The second-order valence-corrected chi connectivity index (χ2v) is 6.29. The lowest BCUT2D eigenvalue weighted by Gasteiger charge is -2.12. The van der Waals surface area contributed by atoms with Crippen LogP contribution in [0.1, 0.15) is 23.2 Å². The van der Waals surface area contributed by atoms with Crippen molar-refractivity contribution in [3.63, 3.8) is 0 Å². The highest BCUT2D eigenvalue weighted by Gasteiger charge is 2.24. The van der Waals surface area contributed by atoms with E-state index in [1.165, 1.54) is 6.20 Å². The summed E-state index contributed by atoms with van der Waals surface area (Å²) in [4.78, 5) is 20.7. The Balaban J connectivity index is 1.64. The summed E-state index contributed by atoms with van der Waals surface area (Å²) in [5, 5.41) is 3.26. The summed E-state index contributed by atoms with van der Waals surface area (Å²) >= 11 is 5.91. The SMILES string of the molecule is O=C(Nc1cncc(Cl)c1)c1cc(OC2CC2)cc(-n2ccnc2)c1. The first-order valence-corrected chi connectivity index (χ1v) is 8.27. The fourth-order valence-corrected chi connectivity index (χ4v) is 2.58. The molecule has 1 amide bonds. The zero-order chi connectivity index (χ0) is 17.2. The maximum atomic E-state index is 12.6. The second-order valence-electron chi connectivity index (χ2n) is 5.85. The van der Waals surface area contributed by atoms with Crippen molar-refractivity contribution >= 4 is 23.2 Å². The molecule has 1 aliphatic rings. The molecule has 126 valence electrons. The van der Waals surface area contributed by atoms with Crippen molar-refractivity contribution in [2.24, 2.45) is 0 Å². The zero-order valence-electron chi connectivity index (χ0n) is 13.2. The Morgan fingerprint density at radius 1 is 1.20 bits per heavy atom. The molecule has 2 heterocycles. The van der Waals surface area contributed by atoms with Crippen LogP contribution in [0.2, 0.25) is 5.02 Å². The molecule has 0 radical (unpaired) electrons. The van der Waals surface area contributed by atoms with Gasteiger partial charge in [0.1, 0.15) is 5.75 Å². The van der Waals surface area contributed by atoms with E-state index in [1.54, 1.807) is 36.9 Å². The van der Waals surface area contributed by atoms with Gasteiger partial charge >= 0.3 is 0 Å². The van der Waals surface area contributed by atoms with Gasteiger partial charge in [0.25, 0.3) is 5.91 Å². The third kappa shape index (κ3) is 3.80. The molecule has 7 heteroatoms. The molecule has 6 nitrogen and oxygen atoms in total. The summed E-state index contributed by atoms with van der Waals surface area (Å²) in [5.74, 6) is 0.412. The van der Waals surface area contributed by atoms with E-state index < -0.39 is 0 Å². The number of amides is 1. The van der Waals surface area contributed by atoms with E-state index in [0.29, 0.717) is 22.0 Å². The summed E-state index contributed by atoms with van der Waals surface area (Å²) < 4.78 is 7.71. The first kappa shape index (κ1) is 15.7. The third-order valence-corrected chi connectivity index (χ3v) is 3.95. The van der Waals surface area contributed by atoms with E-state index >= 15 is 0 Å². The number of ether oxygens (including phenoxy) is 1. The first-order chi connectivity index (χ1) is 12.2. The molecule has 0 spiro atoms. The Bertz CT molecular complexity index is 907. The molecule has 25 heavy (non-hydrogen) atoms. The van der Waals surface area contributed by atoms with E-state index in [9.17, 15) is 4.79 Å². The summed E-state index contributed by atoms with van der Waals surface area (Å²) in [7, 11) is 0. The van der Waals surface area contributed by atoms with E-state index in [2.05, 4.69) is 15.3 Å². The maximum absolute atomic E-state index is 12.6. The first-order valence-electron chi connectivity index (χ1n) is 7.89. The number of halogens is 1. The second kappa shape index (κ2) is 6.57. The fraction of sp³-hybridized carbons (Fsp3) is 0.167. The van der Waals surface area contributed by atoms with Gasteiger partial charge in [-0.1, -0.05) is 11.6 Å². The number of rotatable bonds is 5. The lowest BCUT2D eigenvalue weighted by molar-refractivity contribution is 0.102. The number of nitrogens with zero attached hydrogens (tertiary/aromatic N) is 3. The molecule has 0 atom stereocenters. The average Bonchev–Trinajstić information content (AvgIpc) is 3.23. The van der Waals surface area contributed by atoms with Gasteiger partial charge in [-0.15, -0.1) is 0 Å². The lowest BCUT2D eigenvalue weighted by Crippen LogP contribution is -2.13. The molecule has 1 fully saturated rings. The van der Waals surface area contributed by atoms with Gasteiger partial charge in [-0.2, -0.15) is 0 Å². The number of imidazole rings is 1. The predicted molar refractivity (Wildman–Crippen MR) is 94.4 cm³/mol. The third-order valence-electron chi connectivity index (χ3n) is 3.75. The smallest absolute Gasteiger partial charge is 0.255 e. The number of pyridine rings is 1. The molecule has 1 N–H and O–H groups in total. The molecule has 1 aromatic carbocycles. The summed E-state index contributed by atoms with van der Waals surface area (Å²) in [6, 6.07) is 7.08. The van der Waals surface area contributed by atoms with Crippen LogP contribution in [0.4, 0.5) is 5.69 Å². The highest BCUT2D eigenvalue weighted by atomic mass is 35.5. The Morgan fingerprint density at radius 2 is 2.08 bits per heavy atom. The van der Waals surface area contributed by atoms with Crippen molar-refractivity contribution < 1.29 is 9.53 Å². The van der Waals surface area contributed by atoms with E-state index in [-0.39, 0.29) is 12.0 Å². The number of anilines is 1. The molecular formula is C18H15ClN4O2. The van der Waals surface area contributed by atoms with Crippen LogP contribution in [0.5, 0.6) is 5.75 Å². The van der Waals surface area contributed by atoms with E-state index in [4.69, 9.17) is 16.3 Å². The maximum Gasteiger partial charge on any atom is 0.255 e. The zero-order valence-corrected chi connectivity index (χ0v) is 14.0. The minimum absolute atomic E-state index is 0.242. The van der Waals surface area contributed by atoms with Crippen LogP contribution >= 0.6 is 11.6 Å². The average molecular weight is 355 g/mol. The number of hydrogen-bond acceptors (Lipinski definition) is 4. The van der Waals surface area contributed by atoms with Crippen LogP contribution in [0.15, 0.2) is 55.4 Å². The van der Waals surface area contributed by atoms with Crippen LogP contribution in [0.25, 0.3) is 5.69 Å². The van der Waals surface area contributed by atoms with Crippen molar-refractivity contribution in [3.05, 3.63) is 66.0 Å². The quantitative estimate of drug-likeness (QED) is 0.758. The van der Waals surface area contributed by atoms with Gasteiger partial charge in [-0.05, 0) is 31.0 Å². The summed E-state index contributed by atoms with van der Waals surface area (Å²) in [6.07, 6.45) is 10.6. The molecule has 1 aliphatic carbocycles. The highest BCUT2D eigenvalue weighted by Crippen LogP contribution is 2.29. The molecule has 0 bridgehead atoms. The number of benzene rings is 1. The van der Waals surface area contributed by atoms with Crippen molar-refractivity contribution in [3.8, 4) is 11.4 Å². The number of nitrogens with one attached hydrogen (secondary N) is 1. The molecule has 0 saturated heterocycles. The summed E-state index contributed by atoms with van der Waals surface area (Å²) in [5.41, 5.74) is 1.84. The molecule has 0 aliphatic heterocycles. The Kier molecular flexibility index (Phi) is 4.11. The van der Waals surface area contributed by atoms with Crippen LogP contribution in [-0.4, -0.2) is 26.5 Å². The molecule has 4 rings (SSSR count). The van der Waals surface area contributed by atoms with Crippen molar-refractivity contribution in [2.45, 2.75) is 18.9 Å². The van der Waals surface area contributed by atoms with Gasteiger partial charge in [0.05, 0.1) is 35.0 Å². The summed E-state index contributed by atoms with van der Waals surface area (Å²) in [6.45, 7) is 0. The molecule has 0 unspecified atom stereocenters. The van der Waals surface area contributed by atoms with Crippen molar-refractivity contribution in [1.29, 1.82) is 0 Å². The largest absolute Gasteiger partial charge is 0.490 e. The molecule has 2 aromatic heterocycles. The van der Waals surface area contributed by atoms with Gasteiger partial charge in [0.15, 0.2) is 0 Å². The Morgan fingerprint density at radius 3 is 2.80 bits per heavy atom. The van der Waals surface area contributed by atoms with Crippen molar-refractivity contribution in [1.82, 2.24) is 14.5 Å². The fourth-order valence-electron chi connectivity index (χ4n) is 2.41. The number of carbonyl (C=O) groups is 1. The van der Waals surface area contributed by atoms with Crippen LogP contribution in [-0.2, 0) is 0 Å². The monoisotopic (exact) mass is 354 g/mol. The van der Waals surface area contributed by atoms with Crippen molar-refractivity contribution in [2.75, 3.05) is 5.32 Å². The topological polar surface area (TPSA) is 69.0 Å². The van der Waals surface area contributed by atoms with Gasteiger partial charge < -0.3 is 14.6 Å². The number of carbonyl (C=O) groups excluding carboxylic acids is 1. The van der Waals surface area contributed by atoms with E-state index in [1.807, 2.05) is 16.8 Å². The molecule has 1 saturated carbocycles. The molecular weight excluding hydrogens is 340 g/mol. The standard InChI is InChI=1S/C18H15ClN4O2/c19-13-7-14(10-21-9-13)22-18(24)12-5-15(23-4-3-20-11-23)8-17(6-12)25-16-1-2-16/h3-11,16H,1-2H2,(H,22,24). The Labute approximate surface area is 149 Å². The number of hydrogen-bond donors (Lipinski definition) is 1. The van der Waals surface area contributed by atoms with Gasteiger partial charge in [-0.3, -0.25) is 9.78 Å². The minimum atomic E-state index is -0.258. The van der Waals surface area contributed by atoms with Gasteiger partial charge in [0, 0.05) is 30.2 Å². The predicted octanol–water partition coefficient (Wildman–Crippen LogP) is 3.71. The van der Waals surface area contributed by atoms with Gasteiger partial charge in [0.2, 0.25) is 0 Å². The lowest BCUT2D eigenvalue weighted by atomic mass is 10.1. The van der Waals surface area contributed by atoms with Crippen LogP contribution in [0, 0.1) is 0 Å². The van der Waals surface area contributed by atoms with Gasteiger partial charge in [-0.25, -0.2) is 4.98 Å². The Hall–Kier alpha value is -2.86.